The Bertz CT molecular complexity index is 1290. The highest BCUT2D eigenvalue weighted by Crippen LogP contribution is 2.31. The van der Waals surface area contributed by atoms with Gasteiger partial charge in [-0.1, -0.05) is 18.1 Å². The van der Waals surface area contributed by atoms with Gasteiger partial charge in [0.25, 0.3) is 5.91 Å². The van der Waals surface area contributed by atoms with Crippen LogP contribution in [0.4, 0.5) is 13.2 Å². The molecule has 0 bridgehead atoms. The Labute approximate surface area is 235 Å². The number of likely N-dealkylation sites (tertiary alicyclic amines) is 1. The van der Waals surface area contributed by atoms with Gasteiger partial charge in [0.1, 0.15) is 17.0 Å². The van der Waals surface area contributed by atoms with Crippen LogP contribution in [0.5, 0.6) is 0 Å². The van der Waals surface area contributed by atoms with Gasteiger partial charge in [0.2, 0.25) is 5.28 Å². The molecule has 0 unspecified atom stereocenters. The van der Waals surface area contributed by atoms with E-state index < -0.39 is 35.1 Å². The van der Waals surface area contributed by atoms with Crippen molar-refractivity contribution in [2.75, 3.05) is 26.4 Å². The van der Waals surface area contributed by atoms with E-state index in [0.717, 1.165) is 25.0 Å². The van der Waals surface area contributed by atoms with E-state index >= 15 is 0 Å². The third-order valence-electron chi connectivity index (χ3n) is 7.02. The van der Waals surface area contributed by atoms with Crippen LogP contribution in [-0.4, -0.2) is 63.4 Å². The number of aromatic nitrogens is 2. The highest BCUT2D eigenvalue weighted by atomic mass is 35.5. The number of carboxylic acid groups (broad SMARTS) is 1. The minimum absolute atomic E-state index is 0.0000173. The molecule has 8 nitrogen and oxygen atoms in total. The van der Waals surface area contributed by atoms with Crippen LogP contribution in [0.2, 0.25) is 5.28 Å². The number of piperidine rings is 1. The molecule has 0 atom stereocenters. The largest absolute Gasteiger partial charge is 0.481 e. The molecular weight excluding hydrogens is 549 g/mol. The Morgan fingerprint density at radius 3 is 2.38 bits per heavy atom. The number of aliphatic carboxylic acids is 1. The van der Waals surface area contributed by atoms with Gasteiger partial charge in [-0.25, -0.2) is 4.98 Å². The predicted octanol–water partition coefficient (Wildman–Crippen LogP) is 4.64. The molecule has 2 heterocycles. The van der Waals surface area contributed by atoms with E-state index in [1.807, 2.05) is 18.7 Å². The Balaban J connectivity index is 1.55. The molecule has 1 saturated carbocycles. The van der Waals surface area contributed by atoms with Crippen LogP contribution in [0.3, 0.4) is 0 Å². The number of hydrogen-bond donors (Lipinski definition) is 2. The van der Waals surface area contributed by atoms with Crippen molar-refractivity contribution < 1.29 is 32.6 Å². The third-order valence-corrected chi connectivity index (χ3v) is 7.31. The number of ether oxygens (including phenoxy) is 1. The lowest BCUT2D eigenvalue weighted by molar-refractivity contribution is -0.143. The molecule has 0 radical (unpaired) electrons. The highest BCUT2D eigenvalue weighted by molar-refractivity contribution is 6.29. The fourth-order valence-corrected chi connectivity index (χ4v) is 4.56. The maximum Gasteiger partial charge on any atom is 0.416 e. The average Bonchev–Trinajstić information content (AvgIpc) is 3.68. The lowest BCUT2D eigenvalue weighted by atomic mass is 9.97. The number of carbonyl (C=O) groups excluding carboxylic acids is 1. The van der Waals surface area contributed by atoms with Crippen molar-refractivity contribution in [1.29, 1.82) is 0 Å². The molecule has 1 aliphatic heterocycles. The molecule has 1 amide bonds. The fraction of sp³-hybridized carbons (Fsp3) is 0.536. The van der Waals surface area contributed by atoms with E-state index in [9.17, 15) is 27.9 Å². The summed E-state index contributed by atoms with van der Waals surface area (Å²) in [5, 5.41) is 12.0. The topological polar surface area (TPSA) is 96.7 Å². The lowest BCUT2D eigenvalue weighted by Crippen LogP contribution is -2.43. The minimum Gasteiger partial charge on any atom is -0.481 e. The first-order chi connectivity index (χ1) is 18.8. The molecule has 2 N–H and O–H groups in total. The number of imidazole rings is 1. The molecule has 0 spiro atoms. The van der Waals surface area contributed by atoms with E-state index in [0.29, 0.717) is 44.0 Å². The molecule has 4 rings (SSSR count). The van der Waals surface area contributed by atoms with Gasteiger partial charge in [-0.05, 0) is 80.7 Å². The van der Waals surface area contributed by atoms with E-state index in [-0.39, 0.29) is 29.9 Å². The second-order valence-electron chi connectivity index (χ2n) is 10.8. The maximum absolute atomic E-state index is 13.4. The number of nitrogens with zero attached hydrogens (tertiary/aromatic N) is 3. The average molecular weight is 581 g/mol. The van der Waals surface area contributed by atoms with Gasteiger partial charge in [0, 0.05) is 13.1 Å². The molecular formula is C28H32ClF3N4O4. The Hall–Kier alpha value is -3.07. The second kappa shape index (κ2) is 12.2. The summed E-state index contributed by atoms with van der Waals surface area (Å²) in [5.74, 6) is 4.77. The molecule has 12 heteroatoms. The lowest BCUT2D eigenvalue weighted by Gasteiger charge is -2.29. The number of alkyl halides is 3. The summed E-state index contributed by atoms with van der Waals surface area (Å²) in [4.78, 5) is 30.9. The third kappa shape index (κ3) is 7.99. The van der Waals surface area contributed by atoms with Crippen LogP contribution in [0.25, 0.3) is 0 Å². The first kappa shape index (κ1) is 29.9. The molecule has 216 valence electrons. The number of hydrogen-bond acceptors (Lipinski definition) is 5. The van der Waals surface area contributed by atoms with Crippen molar-refractivity contribution in [3.8, 4) is 11.8 Å². The summed E-state index contributed by atoms with van der Waals surface area (Å²) in [5.41, 5.74) is -0.880. The van der Waals surface area contributed by atoms with E-state index in [1.165, 1.54) is 16.7 Å². The van der Waals surface area contributed by atoms with Gasteiger partial charge in [-0.2, -0.15) is 13.2 Å². The summed E-state index contributed by atoms with van der Waals surface area (Å²) < 4.78 is 46.4. The maximum atomic E-state index is 13.4. The SMILES string of the molecule is CC(C)(C#Cc1nc(Cl)n(Cc2ccc(C(F)(F)F)cc2)c1C(=O)NCN1CCC(C(=O)O)CC1)OCC1CC1. The number of amides is 1. The van der Waals surface area contributed by atoms with Gasteiger partial charge in [0.05, 0.1) is 31.3 Å². The number of halogens is 4. The Kier molecular flexibility index (Phi) is 9.12. The first-order valence-electron chi connectivity index (χ1n) is 13.1. The molecule has 40 heavy (non-hydrogen) atoms. The summed E-state index contributed by atoms with van der Waals surface area (Å²) in [6.45, 7) is 5.45. The van der Waals surface area contributed by atoms with Crippen molar-refractivity contribution in [2.45, 2.75) is 57.9 Å². The van der Waals surface area contributed by atoms with Crippen LogP contribution >= 0.6 is 11.6 Å². The second-order valence-corrected chi connectivity index (χ2v) is 11.1. The molecule has 1 aliphatic carbocycles. The predicted molar refractivity (Wildman–Crippen MR) is 142 cm³/mol. The molecule has 2 aliphatic rings. The number of benzene rings is 1. The zero-order chi connectivity index (χ0) is 29.1. The number of carboxylic acids is 1. The van der Waals surface area contributed by atoms with Crippen LogP contribution < -0.4 is 5.32 Å². The number of nitrogens with one attached hydrogen (secondary N) is 1. The summed E-state index contributed by atoms with van der Waals surface area (Å²) in [7, 11) is 0. The number of rotatable bonds is 9. The van der Waals surface area contributed by atoms with Crippen molar-refractivity contribution in [3.63, 3.8) is 0 Å². The minimum atomic E-state index is -4.47. The monoisotopic (exact) mass is 580 g/mol. The zero-order valence-corrected chi connectivity index (χ0v) is 23.1. The smallest absolute Gasteiger partial charge is 0.416 e. The molecule has 2 aromatic rings. The summed E-state index contributed by atoms with van der Waals surface area (Å²) in [6.07, 6.45) is -1.24. The van der Waals surface area contributed by atoms with E-state index in [4.69, 9.17) is 16.3 Å². The standard InChI is InChI=1S/C28H32ClF3N4O4/c1-27(2,40-16-19-3-4-19)12-9-22-23(24(37)33-17-35-13-10-20(11-14-35)25(38)39)36(26(29)34-22)15-18-5-7-21(8-6-18)28(30,31)32/h5-8,19-20H,3-4,10-11,13-17H2,1-2H3,(H,33,37)(H,38,39). The van der Waals surface area contributed by atoms with Gasteiger partial charge in [-0.15, -0.1) is 0 Å². The normalized spacial score (nSPS) is 16.9. The van der Waals surface area contributed by atoms with Crippen LogP contribution in [-0.2, 0) is 22.3 Å². The molecule has 2 fully saturated rings. The van der Waals surface area contributed by atoms with E-state index in [1.54, 1.807) is 0 Å². The van der Waals surface area contributed by atoms with Gasteiger partial charge >= 0.3 is 12.1 Å². The van der Waals surface area contributed by atoms with Crippen LogP contribution in [0.1, 0.15) is 66.8 Å². The molecule has 1 saturated heterocycles. The van der Waals surface area contributed by atoms with Gasteiger partial charge in [-0.3, -0.25) is 14.5 Å². The Morgan fingerprint density at radius 2 is 1.80 bits per heavy atom. The van der Waals surface area contributed by atoms with Crippen molar-refractivity contribution in [1.82, 2.24) is 19.8 Å². The van der Waals surface area contributed by atoms with Crippen molar-refractivity contribution in [2.24, 2.45) is 11.8 Å². The molecule has 1 aromatic carbocycles. The summed E-state index contributed by atoms with van der Waals surface area (Å²) in [6, 6.07) is 4.60. The van der Waals surface area contributed by atoms with Gasteiger partial charge < -0.3 is 19.7 Å². The highest BCUT2D eigenvalue weighted by Gasteiger charge is 2.31. The quantitative estimate of drug-likeness (QED) is 0.420. The molecule has 1 aromatic heterocycles. The Morgan fingerprint density at radius 1 is 1.15 bits per heavy atom. The first-order valence-corrected chi connectivity index (χ1v) is 13.5. The van der Waals surface area contributed by atoms with Crippen LogP contribution in [0.15, 0.2) is 24.3 Å². The van der Waals surface area contributed by atoms with E-state index in [2.05, 4.69) is 22.1 Å². The van der Waals surface area contributed by atoms with Gasteiger partial charge in [0.15, 0.2) is 0 Å². The van der Waals surface area contributed by atoms with Crippen molar-refractivity contribution >= 4 is 23.5 Å². The van der Waals surface area contributed by atoms with Crippen molar-refractivity contribution in [3.05, 3.63) is 52.1 Å². The van der Waals surface area contributed by atoms with Crippen LogP contribution in [0, 0.1) is 23.7 Å². The summed E-state index contributed by atoms with van der Waals surface area (Å²) >= 11 is 6.43. The zero-order valence-electron chi connectivity index (χ0n) is 22.4. The fourth-order valence-electron chi connectivity index (χ4n) is 4.33. The number of carbonyl (C=O) groups is 2.